The van der Waals surface area contributed by atoms with Crippen molar-refractivity contribution in [3.63, 3.8) is 0 Å². The van der Waals surface area contributed by atoms with Crippen LogP contribution in [-0.4, -0.2) is 26.3 Å². The molecule has 0 unspecified atom stereocenters. The summed E-state index contributed by atoms with van der Waals surface area (Å²) in [6.07, 6.45) is 0.442. The van der Waals surface area contributed by atoms with Gasteiger partial charge in [0.2, 0.25) is 0 Å². The first kappa shape index (κ1) is 23.1. The van der Waals surface area contributed by atoms with Crippen molar-refractivity contribution in [1.82, 2.24) is 19.2 Å². The molecule has 6 nitrogen and oxygen atoms in total. The van der Waals surface area contributed by atoms with Crippen LogP contribution in [-0.2, 0) is 13.0 Å². The molecule has 0 saturated carbocycles. The highest BCUT2D eigenvalue weighted by molar-refractivity contribution is 6.31. The van der Waals surface area contributed by atoms with Gasteiger partial charge in [-0.15, -0.1) is 5.10 Å². The zero-order valence-electron chi connectivity index (χ0n) is 19.2. The van der Waals surface area contributed by atoms with Gasteiger partial charge < -0.3 is 4.74 Å². The van der Waals surface area contributed by atoms with Crippen LogP contribution in [0.1, 0.15) is 18.3 Å². The fourth-order valence-corrected chi connectivity index (χ4v) is 4.34. The lowest BCUT2D eigenvalue weighted by Gasteiger charge is -2.14. The molecule has 8 heteroatoms. The molecule has 0 aliphatic carbocycles. The van der Waals surface area contributed by atoms with E-state index in [9.17, 15) is 4.79 Å². The van der Waals surface area contributed by atoms with Crippen molar-refractivity contribution >= 4 is 28.8 Å². The summed E-state index contributed by atoms with van der Waals surface area (Å²) in [5, 5.41) is 5.97. The Morgan fingerprint density at radius 3 is 2.03 bits per heavy atom. The average Bonchev–Trinajstić information content (AvgIpc) is 3.22. The number of ether oxygens (including phenoxy) is 1. The van der Waals surface area contributed by atoms with E-state index in [1.807, 2.05) is 79.7 Å². The number of methoxy groups -OCH3 is 1. The van der Waals surface area contributed by atoms with Gasteiger partial charge in [-0.1, -0.05) is 59.6 Å². The molecule has 35 heavy (non-hydrogen) atoms. The predicted molar refractivity (Wildman–Crippen MR) is 140 cm³/mol. The molecule has 5 rings (SSSR count). The van der Waals surface area contributed by atoms with E-state index in [1.165, 1.54) is 4.68 Å². The van der Waals surface area contributed by atoms with Crippen LogP contribution < -0.4 is 10.4 Å². The van der Waals surface area contributed by atoms with Crippen LogP contribution in [0.4, 0.5) is 0 Å². The van der Waals surface area contributed by atoms with Gasteiger partial charge in [0.1, 0.15) is 11.6 Å². The maximum atomic E-state index is 13.4. The molecule has 0 aliphatic rings. The van der Waals surface area contributed by atoms with E-state index in [4.69, 9.17) is 38.0 Å². The first-order valence-electron chi connectivity index (χ1n) is 11.2. The third-order valence-electron chi connectivity index (χ3n) is 5.87. The topological polar surface area (TPSA) is 61.4 Å². The Labute approximate surface area is 212 Å². The lowest BCUT2D eigenvalue weighted by Crippen LogP contribution is -2.23. The number of aromatic nitrogens is 4. The molecular formula is C27H22Cl2N4O2. The highest BCUT2D eigenvalue weighted by Crippen LogP contribution is 2.35. The largest absolute Gasteiger partial charge is 0.497 e. The third kappa shape index (κ3) is 4.43. The molecule has 0 spiro atoms. The van der Waals surface area contributed by atoms with Gasteiger partial charge >= 0.3 is 5.69 Å². The molecule has 3 aromatic carbocycles. The van der Waals surface area contributed by atoms with E-state index in [0.717, 1.165) is 28.0 Å². The average molecular weight is 505 g/mol. The molecule has 0 N–H and O–H groups in total. The van der Waals surface area contributed by atoms with E-state index in [1.54, 1.807) is 11.5 Å². The van der Waals surface area contributed by atoms with Crippen LogP contribution in [0.15, 0.2) is 77.6 Å². The van der Waals surface area contributed by atoms with E-state index in [-0.39, 0.29) is 5.69 Å². The van der Waals surface area contributed by atoms with Gasteiger partial charge in [-0.25, -0.2) is 18.9 Å². The van der Waals surface area contributed by atoms with Crippen molar-refractivity contribution in [3.8, 4) is 28.1 Å². The van der Waals surface area contributed by atoms with Gasteiger partial charge in [-0.3, -0.25) is 0 Å². The number of hydrogen-bond donors (Lipinski definition) is 0. The number of rotatable bonds is 6. The molecule has 0 amide bonds. The van der Waals surface area contributed by atoms with Gasteiger partial charge in [0, 0.05) is 28.6 Å². The van der Waals surface area contributed by atoms with Crippen LogP contribution in [0, 0.1) is 0 Å². The number of fused-ring (bicyclic) bond motifs is 1. The second-order valence-corrected chi connectivity index (χ2v) is 8.92. The molecule has 0 bridgehead atoms. The minimum Gasteiger partial charge on any atom is -0.497 e. The molecule has 0 fully saturated rings. The highest BCUT2D eigenvalue weighted by atomic mass is 35.5. The Hall–Kier alpha value is -3.61. The van der Waals surface area contributed by atoms with Crippen molar-refractivity contribution in [2.75, 3.05) is 7.11 Å². The lowest BCUT2D eigenvalue weighted by molar-refractivity contribution is 0.414. The molecule has 2 heterocycles. The molecule has 5 aromatic rings. The summed E-state index contributed by atoms with van der Waals surface area (Å²) in [5.74, 6) is 1.36. The van der Waals surface area contributed by atoms with E-state index in [0.29, 0.717) is 40.2 Å². The van der Waals surface area contributed by atoms with Crippen molar-refractivity contribution in [2.45, 2.75) is 19.9 Å². The standard InChI is InChI=1S/C27H22Cl2N4O2/c1-3-32-27(34)33-23(16-17-4-14-22(35-2)15-5-17)30-25(19-8-12-21(29)13-9-19)24(26(33)31-32)18-6-10-20(28)11-7-18/h4-15H,3,16H2,1-2H3. The molecule has 0 radical (unpaired) electrons. The minimum atomic E-state index is -0.226. The normalized spacial score (nSPS) is 11.2. The summed E-state index contributed by atoms with van der Waals surface area (Å²) >= 11 is 12.3. The van der Waals surface area contributed by atoms with Gasteiger partial charge in [0.05, 0.1) is 18.4 Å². The Kier molecular flexibility index (Phi) is 6.32. The third-order valence-corrected chi connectivity index (χ3v) is 6.37. The molecule has 0 atom stereocenters. The maximum absolute atomic E-state index is 13.4. The quantitative estimate of drug-likeness (QED) is 0.278. The van der Waals surface area contributed by atoms with Gasteiger partial charge in [-0.2, -0.15) is 0 Å². The van der Waals surface area contributed by atoms with Gasteiger partial charge in [0.15, 0.2) is 5.65 Å². The number of hydrogen-bond acceptors (Lipinski definition) is 4. The summed E-state index contributed by atoms with van der Waals surface area (Å²) < 4.78 is 8.35. The molecule has 0 aliphatic heterocycles. The van der Waals surface area contributed by atoms with Crippen molar-refractivity contribution in [2.24, 2.45) is 0 Å². The molecule has 176 valence electrons. The van der Waals surface area contributed by atoms with Crippen LogP contribution in [0.3, 0.4) is 0 Å². The fraction of sp³-hybridized carbons (Fsp3) is 0.148. The lowest BCUT2D eigenvalue weighted by atomic mass is 9.99. The molecule has 2 aromatic heterocycles. The Bertz CT molecular complexity index is 1560. The smallest absolute Gasteiger partial charge is 0.351 e. The summed E-state index contributed by atoms with van der Waals surface area (Å²) in [6.45, 7) is 2.34. The zero-order chi connectivity index (χ0) is 24.5. The summed E-state index contributed by atoms with van der Waals surface area (Å²) in [5.41, 5.74) is 4.52. The zero-order valence-corrected chi connectivity index (χ0v) is 20.7. The van der Waals surface area contributed by atoms with Crippen molar-refractivity contribution in [1.29, 1.82) is 0 Å². The summed E-state index contributed by atoms with van der Waals surface area (Å²) in [6, 6.07) is 22.7. The van der Waals surface area contributed by atoms with Crippen LogP contribution in [0.5, 0.6) is 5.75 Å². The van der Waals surface area contributed by atoms with Crippen LogP contribution in [0.2, 0.25) is 10.0 Å². The second-order valence-electron chi connectivity index (χ2n) is 8.05. The predicted octanol–water partition coefficient (Wildman–Crippen LogP) is 6.15. The van der Waals surface area contributed by atoms with Crippen molar-refractivity contribution < 1.29 is 4.74 Å². The molecular weight excluding hydrogens is 483 g/mol. The second kappa shape index (κ2) is 9.56. The van der Waals surface area contributed by atoms with Gasteiger partial charge in [0.25, 0.3) is 0 Å². The SMILES string of the molecule is CCn1nc2c(-c3ccc(Cl)cc3)c(-c3ccc(Cl)cc3)nc(Cc3ccc(OC)cc3)n2c1=O. The Balaban J connectivity index is 1.82. The highest BCUT2D eigenvalue weighted by Gasteiger charge is 2.22. The fourth-order valence-electron chi connectivity index (χ4n) is 4.09. The van der Waals surface area contributed by atoms with Crippen molar-refractivity contribution in [3.05, 3.63) is 105 Å². The monoisotopic (exact) mass is 504 g/mol. The van der Waals surface area contributed by atoms with E-state index < -0.39 is 0 Å². The number of halogens is 2. The molecule has 0 saturated heterocycles. The van der Waals surface area contributed by atoms with Gasteiger partial charge in [-0.05, 0) is 54.4 Å². The van der Waals surface area contributed by atoms with E-state index in [2.05, 4.69) is 0 Å². The number of aryl methyl sites for hydroxylation is 1. The Morgan fingerprint density at radius 1 is 0.857 bits per heavy atom. The summed E-state index contributed by atoms with van der Waals surface area (Å²) in [7, 11) is 1.63. The van der Waals surface area contributed by atoms with E-state index >= 15 is 0 Å². The first-order valence-corrected chi connectivity index (χ1v) is 11.9. The maximum Gasteiger partial charge on any atom is 0.351 e. The number of benzene rings is 3. The Morgan fingerprint density at radius 2 is 1.46 bits per heavy atom. The minimum absolute atomic E-state index is 0.226. The summed E-state index contributed by atoms with van der Waals surface area (Å²) in [4.78, 5) is 18.4. The first-order chi connectivity index (χ1) is 17.0. The van der Waals surface area contributed by atoms with Crippen LogP contribution in [0.25, 0.3) is 28.0 Å². The van der Waals surface area contributed by atoms with Crippen LogP contribution >= 0.6 is 23.2 Å². The number of nitrogens with zero attached hydrogens (tertiary/aromatic N) is 4.